The Kier molecular flexibility index (Phi) is 8.67. The Morgan fingerprint density at radius 1 is 1.00 bits per heavy atom. The highest BCUT2D eigenvalue weighted by atomic mass is 35.5. The minimum Gasteiger partial charge on any atom is -0.481 e. The van der Waals surface area contributed by atoms with Crippen molar-refractivity contribution in [3.05, 3.63) is 23.2 Å². The van der Waals surface area contributed by atoms with E-state index in [-0.39, 0.29) is 17.4 Å². The number of carbonyl (C=O) groups is 4. The third kappa shape index (κ3) is 6.99. The Balaban J connectivity index is 2.47. The molecule has 1 aliphatic rings. The Hall–Kier alpha value is -3.05. The van der Waals surface area contributed by atoms with E-state index in [9.17, 15) is 34.5 Å². The van der Waals surface area contributed by atoms with E-state index in [1.807, 2.05) is 0 Å². The number of rotatable bonds is 10. The summed E-state index contributed by atoms with van der Waals surface area (Å²) < 4.78 is 16.6. The van der Waals surface area contributed by atoms with Crippen molar-refractivity contribution in [3.63, 3.8) is 0 Å². The predicted octanol–water partition coefficient (Wildman–Crippen LogP) is 1.86. The molecule has 11 nitrogen and oxygen atoms in total. The van der Waals surface area contributed by atoms with Crippen LogP contribution in [0.15, 0.2) is 18.2 Å². The topological polar surface area (TPSA) is 183 Å². The second kappa shape index (κ2) is 11.0. The molecule has 0 aliphatic carbocycles. The summed E-state index contributed by atoms with van der Waals surface area (Å²) in [4.78, 5) is 45.9. The van der Waals surface area contributed by atoms with Crippen LogP contribution < -0.4 is 10.5 Å². The van der Waals surface area contributed by atoms with E-state index in [1.165, 1.54) is 18.2 Å². The SMILES string of the molecule is CC(=O)OC[C@@H]1O[C@@H](Oc2ccc(N)cc2Cl)[C@H](CC(=O)O)[C@@H](CC(=O)O)[C@H]1CC(=O)O. The van der Waals surface area contributed by atoms with Crippen LogP contribution in [0.4, 0.5) is 5.69 Å². The Morgan fingerprint density at radius 3 is 2.09 bits per heavy atom. The number of hydrogen-bond donors (Lipinski definition) is 4. The zero-order chi connectivity index (χ0) is 24.0. The Morgan fingerprint density at radius 2 is 1.56 bits per heavy atom. The zero-order valence-corrected chi connectivity index (χ0v) is 17.9. The fraction of sp³-hybridized carbons (Fsp3) is 0.500. The molecule has 1 saturated heterocycles. The van der Waals surface area contributed by atoms with E-state index in [1.54, 1.807) is 0 Å². The summed E-state index contributed by atoms with van der Waals surface area (Å²) in [5, 5.41) is 28.3. The molecule has 1 aliphatic heterocycles. The maximum absolute atomic E-state index is 11.6. The van der Waals surface area contributed by atoms with E-state index in [0.29, 0.717) is 5.69 Å². The predicted molar refractivity (Wildman–Crippen MR) is 109 cm³/mol. The number of carboxylic acid groups (broad SMARTS) is 3. The van der Waals surface area contributed by atoms with E-state index in [0.717, 1.165) is 6.92 Å². The number of hydrogen-bond acceptors (Lipinski definition) is 8. The van der Waals surface area contributed by atoms with Crippen LogP contribution >= 0.6 is 11.6 Å². The van der Waals surface area contributed by atoms with E-state index in [4.69, 9.17) is 31.5 Å². The molecule has 5 N–H and O–H groups in total. The van der Waals surface area contributed by atoms with Crippen LogP contribution in [0.2, 0.25) is 5.02 Å². The molecule has 0 bridgehead atoms. The second-order valence-electron chi connectivity index (χ2n) is 7.44. The first-order valence-corrected chi connectivity index (χ1v) is 10.0. The maximum Gasteiger partial charge on any atom is 0.303 e. The van der Waals surface area contributed by atoms with Crippen molar-refractivity contribution >= 4 is 41.2 Å². The smallest absolute Gasteiger partial charge is 0.303 e. The van der Waals surface area contributed by atoms with Gasteiger partial charge in [-0.05, 0) is 24.1 Å². The van der Waals surface area contributed by atoms with Gasteiger partial charge in [0.25, 0.3) is 0 Å². The molecular weight excluding hydrogens is 450 g/mol. The molecule has 2 rings (SSSR count). The average molecular weight is 474 g/mol. The lowest BCUT2D eigenvalue weighted by molar-refractivity contribution is -0.237. The van der Waals surface area contributed by atoms with Gasteiger partial charge >= 0.3 is 23.9 Å². The summed E-state index contributed by atoms with van der Waals surface area (Å²) >= 11 is 6.14. The molecule has 0 spiro atoms. The first-order valence-electron chi connectivity index (χ1n) is 9.63. The standard InChI is InChI=1S/C20H24ClNO10/c1-9(23)30-8-16-12(6-18(26)27)11(5-17(24)25)13(7-19(28)29)20(32-16)31-15-3-2-10(22)4-14(15)21/h2-4,11-13,16,20H,5-8,22H2,1H3,(H,24,25)(H,26,27)(H,28,29)/t11-,12+,13+,16-,20+/m0/s1. The minimum absolute atomic E-state index is 0.109. The average Bonchev–Trinajstić information content (AvgIpc) is 2.65. The molecule has 1 fully saturated rings. The Bertz CT molecular complexity index is 876. The highest BCUT2D eigenvalue weighted by molar-refractivity contribution is 6.32. The third-order valence-electron chi connectivity index (χ3n) is 5.12. The van der Waals surface area contributed by atoms with Gasteiger partial charge in [-0.1, -0.05) is 11.6 Å². The number of carbonyl (C=O) groups excluding carboxylic acids is 1. The van der Waals surface area contributed by atoms with Crippen LogP contribution in [0.5, 0.6) is 5.75 Å². The van der Waals surface area contributed by atoms with E-state index in [2.05, 4.69) is 0 Å². The van der Waals surface area contributed by atoms with Crippen LogP contribution in [0.25, 0.3) is 0 Å². The number of benzene rings is 1. The lowest BCUT2D eigenvalue weighted by Gasteiger charge is -2.45. The fourth-order valence-corrected chi connectivity index (χ4v) is 4.06. The van der Waals surface area contributed by atoms with Gasteiger partial charge in [-0.15, -0.1) is 0 Å². The summed E-state index contributed by atoms with van der Waals surface area (Å²) in [7, 11) is 0. The fourth-order valence-electron chi connectivity index (χ4n) is 3.82. The molecular formula is C20H24ClNO10. The van der Waals surface area contributed by atoms with Crippen molar-refractivity contribution in [2.24, 2.45) is 17.8 Å². The number of ether oxygens (including phenoxy) is 3. The summed E-state index contributed by atoms with van der Waals surface area (Å²) in [6.07, 6.45) is -3.96. The van der Waals surface area contributed by atoms with Gasteiger partial charge in [-0.2, -0.15) is 0 Å². The van der Waals surface area contributed by atoms with Gasteiger partial charge in [0, 0.05) is 30.9 Å². The number of carboxylic acids is 3. The molecule has 0 radical (unpaired) electrons. The van der Waals surface area contributed by atoms with Crippen molar-refractivity contribution in [1.82, 2.24) is 0 Å². The van der Waals surface area contributed by atoms with Crippen molar-refractivity contribution in [2.45, 2.75) is 38.6 Å². The van der Waals surface area contributed by atoms with Crippen LogP contribution in [-0.4, -0.2) is 58.2 Å². The molecule has 0 amide bonds. The van der Waals surface area contributed by atoms with E-state index >= 15 is 0 Å². The molecule has 0 aromatic heterocycles. The summed E-state index contributed by atoms with van der Waals surface area (Å²) in [6.45, 7) is 0.789. The quantitative estimate of drug-likeness (QED) is 0.287. The van der Waals surface area contributed by atoms with Crippen molar-refractivity contribution in [2.75, 3.05) is 12.3 Å². The van der Waals surface area contributed by atoms with Gasteiger partial charge in [-0.25, -0.2) is 0 Å². The molecule has 0 saturated carbocycles. The highest BCUT2D eigenvalue weighted by Crippen LogP contribution is 2.43. The van der Waals surface area contributed by atoms with Gasteiger partial charge < -0.3 is 35.3 Å². The molecule has 1 aromatic rings. The number of halogens is 1. The van der Waals surface area contributed by atoms with Gasteiger partial charge in [-0.3, -0.25) is 19.2 Å². The van der Waals surface area contributed by atoms with E-state index < -0.39 is 73.3 Å². The molecule has 1 aromatic carbocycles. The van der Waals surface area contributed by atoms with Crippen molar-refractivity contribution in [3.8, 4) is 5.75 Å². The molecule has 12 heteroatoms. The first kappa shape index (κ1) is 25.2. The maximum atomic E-state index is 11.6. The normalized spacial score (nSPS) is 25.0. The second-order valence-corrected chi connectivity index (χ2v) is 7.85. The monoisotopic (exact) mass is 473 g/mol. The lowest BCUT2D eigenvalue weighted by atomic mass is 9.71. The lowest BCUT2D eigenvalue weighted by Crippen LogP contribution is -2.53. The minimum atomic E-state index is -1.30. The van der Waals surface area contributed by atoms with Gasteiger partial charge in [0.05, 0.1) is 24.0 Å². The third-order valence-corrected chi connectivity index (χ3v) is 5.41. The molecule has 176 valence electrons. The number of aliphatic carboxylic acids is 3. The first-order chi connectivity index (χ1) is 15.0. The number of anilines is 1. The number of nitrogens with two attached hydrogens (primary N) is 1. The number of esters is 1. The molecule has 0 unspecified atom stereocenters. The molecule has 5 atom stereocenters. The highest BCUT2D eigenvalue weighted by Gasteiger charge is 2.49. The van der Waals surface area contributed by atoms with Crippen LogP contribution in [-0.2, 0) is 28.7 Å². The van der Waals surface area contributed by atoms with Gasteiger partial charge in [0.2, 0.25) is 6.29 Å². The number of nitrogen functional groups attached to an aromatic ring is 1. The van der Waals surface area contributed by atoms with Crippen LogP contribution in [0.3, 0.4) is 0 Å². The Labute approximate surface area is 188 Å². The summed E-state index contributed by atoms with van der Waals surface area (Å²) in [5.74, 6) is -7.23. The summed E-state index contributed by atoms with van der Waals surface area (Å²) in [6, 6.07) is 4.34. The zero-order valence-electron chi connectivity index (χ0n) is 17.1. The van der Waals surface area contributed by atoms with Gasteiger partial charge in [0.15, 0.2) is 0 Å². The van der Waals surface area contributed by atoms with Gasteiger partial charge in [0.1, 0.15) is 12.4 Å². The largest absolute Gasteiger partial charge is 0.481 e. The summed E-state index contributed by atoms with van der Waals surface area (Å²) in [5.41, 5.74) is 6.02. The van der Waals surface area contributed by atoms with Crippen molar-refractivity contribution < 1.29 is 48.7 Å². The van der Waals surface area contributed by atoms with Crippen molar-refractivity contribution in [1.29, 1.82) is 0 Å². The van der Waals surface area contributed by atoms with Crippen LogP contribution in [0.1, 0.15) is 26.2 Å². The van der Waals surface area contributed by atoms with Crippen LogP contribution in [0, 0.1) is 17.8 Å². The molecule has 32 heavy (non-hydrogen) atoms. The molecule has 1 heterocycles.